The number of sulfonamides is 1. The highest BCUT2D eigenvalue weighted by atomic mass is 35.5. The maximum absolute atomic E-state index is 12.9. The predicted octanol–water partition coefficient (Wildman–Crippen LogP) is 4.00. The van der Waals surface area contributed by atoms with Crippen LogP contribution in [0.2, 0.25) is 5.02 Å². The van der Waals surface area contributed by atoms with Crippen LogP contribution in [0, 0.1) is 13.8 Å². The highest BCUT2D eigenvalue weighted by Crippen LogP contribution is 2.31. The number of rotatable bonds is 7. The molecule has 158 valence electrons. The predicted molar refractivity (Wildman–Crippen MR) is 117 cm³/mol. The first kappa shape index (κ1) is 23.0. The average molecular weight is 439 g/mol. The lowest BCUT2D eigenvalue weighted by Gasteiger charge is -2.29. The van der Waals surface area contributed by atoms with Crippen LogP contribution in [0.1, 0.15) is 36.6 Å². The lowest BCUT2D eigenvalue weighted by Crippen LogP contribution is -2.48. The Bertz CT molecular complexity index is 1010. The van der Waals surface area contributed by atoms with Crippen LogP contribution in [-0.4, -0.2) is 33.7 Å². The van der Waals surface area contributed by atoms with Crippen molar-refractivity contribution in [2.45, 2.75) is 39.8 Å². The van der Waals surface area contributed by atoms with Crippen LogP contribution in [0.3, 0.4) is 0 Å². The third-order valence-electron chi connectivity index (χ3n) is 4.73. The van der Waals surface area contributed by atoms with Crippen molar-refractivity contribution >= 4 is 33.2 Å². The molecule has 0 aromatic heterocycles. The summed E-state index contributed by atoms with van der Waals surface area (Å²) in [5.74, 6) is 0.0132. The van der Waals surface area contributed by atoms with Gasteiger partial charge in [-0.3, -0.25) is 9.10 Å². The third kappa shape index (κ3) is 5.42. The minimum atomic E-state index is -3.74. The van der Waals surface area contributed by atoms with Gasteiger partial charge in [0.1, 0.15) is 11.8 Å². The van der Waals surface area contributed by atoms with Crippen LogP contribution < -0.4 is 14.4 Å². The first-order valence-electron chi connectivity index (χ1n) is 9.16. The molecule has 0 radical (unpaired) electrons. The Hall–Kier alpha value is -2.25. The van der Waals surface area contributed by atoms with Crippen molar-refractivity contribution in [1.82, 2.24) is 5.32 Å². The lowest BCUT2D eigenvalue weighted by molar-refractivity contribution is -0.122. The van der Waals surface area contributed by atoms with Crippen LogP contribution in [0.4, 0.5) is 5.69 Å². The summed E-state index contributed by atoms with van der Waals surface area (Å²) in [6, 6.07) is 9.35. The summed E-state index contributed by atoms with van der Waals surface area (Å²) in [7, 11) is -2.27. The Kier molecular flexibility index (Phi) is 7.19. The fourth-order valence-corrected chi connectivity index (χ4v) is 4.74. The van der Waals surface area contributed by atoms with Gasteiger partial charge in [-0.1, -0.05) is 35.4 Å². The molecule has 2 atom stereocenters. The van der Waals surface area contributed by atoms with E-state index in [9.17, 15) is 13.2 Å². The Labute approximate surface area is 177 Å². The van der Waals surface area contributed by atoms with Gasteiger partial charge in [-0.25, -0.2) is 8.42 Å². The highest BCUT2D eigenvalue weighted by Gasteiger charge is 2.30. The minimum absolute atomic E-state index is 0.259. The Morgan fingerprint density at radius 1 is 1.14 bits per heavy atom. The van der Waals surface area contributed by atoms with Crippen molar-refractivity contribution < 1.29 is 17.9 Å². The SMILES string of the molecule is COc1ccc(N([C@H](C)C(=O)N[C@@H](C)c2ccc(C)cc2C)S(C)(=O)=O)cc1Cl. The molecule has 0 saturated heterocycles. The minimum Gasteiger partial charge on any atom is -0.495 e. The molecule has 0 unspecified atom stereocenters. The molecule has 8 heteroatoms. The molecule has 0 aliphatic heterocycles. The van der Waals surface area contributed by atoms with Gasteiger partial charge in [0.05, 0.1) is 30.1 Å². The molecular formula is C21H27ClN2O4S. The van der Waals surface area contributed by atoms with Crippen LogP contribution in [-0.2, 0) is 14.8 Å². The topological polar surface area (TPSA) is 75.7 Å². The largest absolute Gasteiger partial charge is 0.495 e. The number of carbonyl (C=O) groups is 1. The number of benzene rings is 2. The molecule has 2 rings (SSSR count). The molecule has 6 nitrogen and oxygen atoms in total. The molecule has 1 amide bonds. The normalized spacial score (nSPS) is 13.5. The van der Waals surface area contributed by atoms with Crippen molar-refractivity contribution in [2.75, 3.05) is 17.7 Å². The molecule has 0 aliphatic carbocycles. The van der Waals surface area contributed by atoms with E-state index in [1.54, 1.807) is 19.1 Å². The van der Waals surface area contributed by atoms with E-state index in [-0.39, 0.29) is 11.1 Å². The van der Waals surface area contributed by atoms with Gasteiger partial charge in [-0.15, -0.1) is 0 Å². The zero-order valence-corrected chi connectivity index (χ0v) is 19.1. The zero-order chi connectivity index (χ0) is 21.9. The fourth-order valence-electron chi connectivity index (χ4n) is 3.32. The molecule has 0 aliphatic rings. The van der Waals surface area contributed by atoms with Gasteiger partial charge in [-0.05, 0) is 57.0 Å². The second-order valence-electron chi connectivity index (χ2n) is 7.14. The maximum atomic E-state index is 12.9. The van der Waals surface area contributed by atoms with Gasteiger partial charge in [-0.2, -0.15) is 0 Å². The van der Waals surface area contributed by atoms with E-state index in [0.29, 0.717) is 11.4 Å². The Morgan fingerprint density at radius 3 is 2.31 bits per heavy atom. The van der Waals surface area contributed by atoms with Crippen molar-refractivity contribution in [3.05, 3.63) is 58.1 Å². The van der Waals surface area contributed by atoms with Gasteiger partial charge in [0, 0.05) is 0 Å². The Balaban J connectivity index is 2.30. The van der Waals surface area contributed by atoms with E-state index in [1.807, 2.05) is 39.0 Å². The van der Waals surface area contributed by atoms with Crippen molar-refractivity contribution in [3.8, 4) is 5.75 Å². The van der Waals surface area contributed by atoms with Crippen LogP contribution in [0.5, 0.6) is 5.75 Å². The van der Waals surface area contributed by atoms with Crippen LogP contribution in [0.25, 0.3) is 0 Å². The summed E-state index contributed by atoms with van der Waals surface area (Å²) in [6.07, 6.45) is 1.06. The van der Waals surface area contributed by atoms with Gasteiger partial charge >= 0.3 is 0 Å². The second-order valence-corrected chi connectivity index (χ2v) is 9.41. The summed E-state index contributed by atoms with van der Waals surface area (Å²) in [6.45, 7) is 7.41. The first-order chi connectivity index (χ1) is 13.5. The number of nitrogens with zero attached hydrogens (tertiary/aromatic N) is 1. The molecule has 1 N–H and O–H groups in total. The lowest BCUT2D eigenvalue weighted by atomic mass is 10.00. The van der Waals surface area contributed by atoms with Crippen molar-refractivity contribution in [3.63, 3.8) is 0 Å². The number of aryl methyl sites for hydroxylation is 2. The highest BCUT2D eigenvalue weighted by molar-refractivity contribution is 7.92. The Morgan fingerprint density at radius 2 is 1.79 bits per heavy atom. The summed E-state index contributed by atoms with van der Waals surface area (Å²) >= 11 is 6.16. The smallest absolute Gasteiger partial charge is 0.244 e. The number of hydrogen-bond acceptors (Lipinski definition) is 4. The molecule has 2 aromatic carbocycles. The molecule has 29 heavy (non-hydrogen) atoms. The first-order valence-corrected chi connectivity index (χ1v) is 11.4. The number of amides is 1. The van der Waals surface area contributed by atoms with Gasteiger partial charge in [0.15, 0.2) is 0 Å². The van der Waals surface area contributed by atoms with Gasteiger partial charge < -0.3 is 10.1 Å². The third-order valence-corrected chi connectivity index (χ3v) is 6.27. The average Bonchev–Trinajstić information content (AvgIpc) is 2.60. The van der Waals surface area contributed by atoms with E-state index in [2.05, 4.69) is 5.32 Å². The number of nitrogens with one attached hydrogen (secondary N) is 1. The molecule has 0 spiro atoms. The van der Waals surface area contributed by atoms with Crippen molar-refractivity contribution in [1.29, 1.82) is 0 Å². The molecule has 0 saturated carbocycles. The zero-order valence-electron chi connectivity index (χ0n) is 17.5. The van der Waals surface area contributed by atoms with E-state index in [0.717, 1.165) is 27.3 Å². The molecule has 0 heterocycles. The molecule has 0 bridgehead atoms. The summed E-state index contributed by atoms with van der Waals surface area (Å²) < 4.78 is 31.1. The maximum Gasteiger partial charge on any atom is 0.244 e. The number of carbonyl (C=O) groups excluding carboxylic acids is 1. The number of methoxy groups -OCH3 is 1. The van der Waals surface area contributed by atoms with Gasteiger partial charge in [0.2, 0.25) is 15.9 Å². The van der Waals surface area contributed by atoms with E-state index in [4.69, 9.17) is 16.3 Å². The molecule has 2 aromatic rings. The standard InChI is InChI=1S/C21H27ClN2O4S/c1-13-7-9-18(14(2)11-13)15(3)23-21(25)16(4)24(29(6,26)27)17-8-10-20(28-5)19(22)12-17/h7-12,15-16H,1-6H3,(H,23,25)/t15-,16+/m0/s1. The van der Waals surface area contributed by atoms with E-state index < -0.39 is 22.0 Å². The number of ether oxygens (including phenoxy) is 1. The second kappa shape index (κ2) is 9.05. The summed E-state index contributed by atoms with van der Waals surface area (Å²) in [5, 5.41) is 3.17. The van der Waals surface area contributed by atoms with Gasteiger partial charge in [0.25, 0.3) is 0 Å². The molecular weight excluding hydrogens is 412 g/mol. The summed E-state index contributed by atoms with van der Waals surface area (Å²) in [4.78, 5) is 12.9. The van der Waals surface area contributed by atoms with Crippen LogP contribution >= 0.6 is 11.6 Å². The van der Waals surface area contributed by atoms with Crippen molar-refractivity contribution in [2.24, 2.45) is 0 Å². The monoisotopic (exact) mass is 438 g/mol. The van der Waals surface area contributed by atoms with Crippen LogP contribution in [0.15, 0.2) is 36.4 Å². The fraction of sp³-hybridized carbons (Fsp3) is 0.381. The number of halogens is 1. The van der Waals surface area contributed by atoms with E-state index in [1.165, 1.54) is 13.2 Å². The number of anilines is 1. The number of hydrogen-bond donors (Lipinski definition) is 1. The summed E-state index contributed by atoms with van der Waals surface area (Å²) in [5.41, 5.74) is 3.47. The molecule has 0 fully saturated rings. The van der Waals surface area contributed by atoms with E-state index >= 15 is 0 Å². The quantitative estimate of drug-likeness (QED) is 0.708.